The molecule has 2 aromatic heterocycles. The number of fused-ring (bicyclic) bond motifs is 1. The molecule has 3 rings (SSSR count). The van der Waals surface area contributed by atoms with E-state index in [1.165, 1.54) is 42.9 Å². The first-order chi connectivity index (χ1) is 12.1. The Morgan fingerprint density at radius 1 is 1.23 bits per heavy atom. The Bertz CT molecular complexity index is 975. The van der Waals surface area contributed by atoms with Gasteiger partial charge < -0.3 is 9.84 Å². The van der Waals surface area contributed by atoms with Crippen molar-refractivity contribution in [3.8, 4) is 11.4 Å². The third-order valence-corrected chi connectivity index (χ3v) is 3.55. The first-order valence-electron chi connectivity index (χ1n) is 7.51. The zero-order chi connectivity index (χ0) is 19.1. The highest BCUT2D eigenvalue weighted by atomic mass is 19.4. The van der Waals surface area contributed by atoms with Crippen LogP contribution in [0.15, 0.2) is 36.5 Å². The lowest BCUT2D eigenvalue weighted by molar-refractivity contribution is -0.274. The van der Waals surface area contributed by atoms with Crippen LogP contribution in [0.3, 0.4) is 0 Å². The van der Waals surface area contributed by atoms with Crippen LogP contribution in [0.5, 0.6) is 5.75 Å². The fourth-order valence-corrected chi connectivity index (χ4v) is 2.53. The maximum absolute atomic E-state index is 12.4. The van der Waals surface area contributed by atoms with Gasteiger partial charge in [0.25, 0.3) is 0 Å². The van der Waals surface area contributed by atoms with E-state index in [-0.39, 0.29) is 22.6 Å². The molecule has 0 unspecified atom stereocenters. The van der Waals surface area contributed by atoms with E-state index >= 15 is 0 Å². The monoisotopic (exact) mass is 365 g/mol. The molecule has 26 heavy (non-hydrogen) atoms. The molecule has 0 spiro atoms. The zero-order valence-corrected chi connectivity index (χ0v) is 13.8. The molecule has 1 aromatic carbocycles. The summed E-state index contributed by atoms with van der Waals surface area (Å²) >= 11 is 0. The lowest BCUT2D eigenvalue weighted by Gasteiger charge is -2.14. The summed E-state index contributed by atoms with van der Waals surface area (Å²) in [6.07, 6.45) is -2.90. The number of aromatic nitrogens is 3. The van der Waals surface area contributed by atoms with E-state index in [0.717, 1.165) is 12.1 Å². The number of benzene rings is 1. The minimum Gasteiger partial charge on any atom is -0.406 e. The quantitative estimate of drug-likeness (QED) is 0.718. The van der Waals surface area contributed by atoms with Gasteiger partial charge in [-0.3, -0.25) is 4.79 Å². The molecule has 136 valence electrons. The molecular weight excluding hydrogens is 351 g/mol. The van der Waals surface area contributed by atoms with Gasteiger partial charge in [-0.25, -0.2) is 9.67 Å². The number of nitrogens with zero attached hydrogens (tertiary/aromatic N) is 3. The van der Waals surface area contributed by atoms with E-state index in [0.29, 0.717) is 11.7 Å². The van der Waals surface area contributed by atoms with Gasteiger partial charge in [0.05, 0.1) is 5.69 Å². The van der Waals surface area contributed by atoms with Crippen molar-refractivity contribution in [1.29, 1.82) is 0 Å². The van der Waals surface area contributed by atoms with Crippen LogP contribution >= 0.6 is 0 Å². The van der Waals surface area contributed by atoms with Gasteiger partial charge in [0.15, 0.2) is 11.9 Å². The predicted octanol–water partition coefficient (Wildman–Crippen LogP) is 3.36. The van der Waals surface area contributed by atoms with E-state index in [9.17, 15) is 23.1 Å². The Balaban J connectivity index is 2.20. The standard InChI is InChI=1S/C17H14F3N3O3/c1-16(2,25)14-13-6-10(9-24)8-21-15(13)23(22-14)11-4-3-5-12(7-11)26-17(18,19)20/h3-9,25H,1-2H3. The van der Waals surface area contributed by atoms with Crippen LogP contribution in [0.1, 0.15) is 29.9 Å². The number of hydrogen-bond donors (Lipinski definition) is 1. The van der Waals surface area contributed by atoms with Crippen LogP contribution in [-0.4, -0.2) is 32.5 Å². The second-order valence-electron chi connectivity index (χ2n) is 6.12. The minimum absolute atomic E-state index is 0.242. The Morgan fingerprint density at radius 3 is 2.58 bits per heavy atom. The number of pyridine rings is 1. The fourth-order valence-electron chi connectivity index (χ4n) is 2.53. The third kappa shape index (κ3) is 3.52. The largest absolute Gasteiger partial charge is 0.573 e. The smallest absolute Gasteiger partial charge is 0.406 e. The molecule has 0 aliphatic carbocycles. The fraction of sp³-hybridized carbons (Fsp3) is 0.235. The van der Waals surface area contributed by atoms with E-state index in [1.807, 2.05) is 0 Å². The van der Waals surface area contributed by atoms with E-state index < -0.39 is 17.7 Å². The van der Waals surface area contributed by atoms with Crippen molar-refractivity contribution in [3.05, 3.63) is 47.8 Å². The molecule has 0 amide bonds. The van der Waals surface area contributed by atoms with Crippen molar-refractivity contribution < 1.29 is 27.8 Å². The molecule has 0 radical (unpaired) electrons. The van der Waals surface area contributed by atoms with Crippen molar-refractivity contribution >= 4 is 17.3 Å². The van der Waals surface area contributed by atoms with Gasteiger partial charge in [-0.2, -0.15) is 5.10 Å². The van der Waals surface area contributed by atoms with Gasteiger partial charge in [-0.05, 0) is 32.0 Å². The molecule has 0 saturated carbocycles. The average molecular weight is 365 g/mol. The number of hydrogen-bond acceptors (Lipinski definition) is 5. The predicted molar refractivity (Wildman–Crippen MR) is 86.2 cm³/mol. The number of ether oxygens (including phenoxy) is 1. The zero-order valence-electron chi connectivity index (χ0n) is 13.8. The molecule has 6 nitrogen and oxygen atoms in total. The molecule has 2 heterocycles. The molecule has 9 heteroatoms. The minimum atomic E-state index is -4.82. The summed E-state index contributed by atoms with van der Waals surface area (Å²) in [4.78, 5) is 15.2. The van der Waals surface area contributed by atoms with Gasteiger partial charge >= 0.3 is 6.36 Å². The Hall–Kier alpha value is -2.94. The molecule has 0 atom stereocenters. The first-order valence-corrected chi connectivity index (χ1v) is 7.51. The summed E-state index contributed by atoms with van der Waals surface area (Å²) in [5.74, 6) is -0.409. The van der Waals surface area contributed by atoms with Gasteiger partial charge in [0.1, 0.15) is 17.0 Å². The Labute approximate surface area is 145 Å². The molecule has 0 aliphatic rings. The number of carbonyl (C=O) groups excluding carboxylic acids is 1. The number of carbonyl (C=O) groups is 1. The second-order valence-corrected chi connectivity index (χ2v) is 6.12. The Morgan fingerprint density at radius 2 is 1.96 bits per heavy atom. The number of aliphatic hydroxyl groups is 1. The van der Waals surface area contributed by atoms with Crippen LogP contribution in [-0.2, 0) is 5.60 Å². The van der Waals surface area contributed by atoms with Crippen molar-refractivity contribution in [2.45, 2.75) is 25.8 Å². The third-order valence-electron chi connectivity index (χ3n) is 3.55. The summed E-state index contributed by atoms with van der Waals surface area (Å²) in [6.45, 7) is 3.02. The summed E-state index contributed by atoms with van der Waals surface area (Å²) < 4.78 is 42.6. The molecule has 0 fully saturated rings. The van der Waals surface area contributed by atoms with Crippen LogP contribution < -0.4 is 4.74 Å². The summed E-state index contributed by atoms with van der Waals surface area (Å²) in [5, 5.41) is 15.1. The molecule has 3 aromatic rings. The lowest BCUT2D eigenvalue weighted by atomic mass is 10.0. The second kappa shape index (κ2) is 6.10. The van der Waals surface area contributed by atoms with Gasteiger partial charge in [-0.15, -0.1) is 13.2 Å². The molecule has 0 bridgehead atoms. The molecule has 0 aliphatic heterocycles. The van der Waals surface area contributed by atoms with Gasteiger partial charge in [-0.1, -0.05) is 6.07 Å². The average Bonchev–Trinajstić information content (AvgIpc) is 2.92. The summed E-state index contributed by atoms with van der Waals surface area (Å²) in [6, 6.07) is 6.75. The molecule has 0 saturated heterocycles. The van der Waals surface area contributed by atoms with Gasteiger partial charge in [0.2, 0.25) is 0 Å². The molecular formula is C17H14F3N3O3. The van der Waals surface area contributed by atoms with Gasteiger partial charge in [0, 0.05) is 23.2 Å². The van der Waals surface area contributed by atoms with Crippen molar-refractivity contribution in [3.63, 3.8) is 0 Å². The number of halogens is 3. The maximum Gasteiger partial charge on any atom is 0.573 e. The molecule has 1 N–H and O–H groups in total. The lowest BCUT2D eigenvalue weighted by Crippen LogP contribution is -2.17. The summed E-state index contributed by atoms with van der Waals surface area (Å²) in [5.41, 5.74) is -0.273. The van der Waals surface area contributed by atoms with Crippen molar-refractivity contribution in [1.82, 2.24) is 14.8 Å². The highest BCUT2D eigenvalue weighted by molar-refractivity contribution is 5.87. The van der Waals surface area contributed by atoms with E-state index in [1.54, 1.807) is 0 Å². The number of alkyl halides is 3. The number of rotatable bonds is 4. The SMILES string of the molecule is CC(C)(O)c1nn(-c2cccc(OC(F)(F)F)c2)c2ncc(C=O)cc12. The summed E-state index contributed by atoms with van der Waals surface area (Å²) in [7, 11) is 0. The maximum atomic E-state index is 12.4. The van der Waals surface area contributed by atoms with Crippen molar-refractivity contribution in [2.75, 3.05) is 0 Å². The number of aldehydes is 1. The van der Waals surface area contributed by atoms with E-state index in [2.05, 4.69) is 14.8 Å². The van der Waals surface area contributed by atoms with Crippen LogP contribution in [0.25, 0.3) is 16.7 Å². The first kappa shape index (κ1) is 17.9. The van der Waals surface area contributed by atoms with Crippen LogP contribution in [0, 0.1) is 0 Å². The van der Waals surface area contributed by atoms with Crippen LogP contribution in [0.2, 0.25) is 0 Å². The van der Waals surface area contributed by atoms with E-state index in [4.69, 9.17) is 0 Å². The van der Waals surface area contributed by atoms with Crippen LogP contribution in [0.4, 0.5) is 13.2 Å². The Kier molecular flexibility index (Phi) is 4.19. The normalized spacial score (nSPS) is 12.4. The topological polar surface area (TPSA) is 77.2 Å². The van der Waals surface area contributed by atoms with Crippen molar-refractivity contribution in [2.24, 2.45) is 0 Å². The highest BCUT2D eigenvalue weighted by Crippen LogP contribution is 2.30. The highest BCUT2D eigenvalue weighted by Gasteiger charge is 2.31.